The fraction of sp³-hybridized carbons (Fsp3) is 0.429. The first kappa shape index (κ1) is 17.5. The van der Waals surface area contributed by atoms with Gasteiger partial charge < -0.3 is 4.74 Å². The summed E-state index contributed by atoms with van der Waals surface area (Å²) in [5.41, 5.74) is -6.25. The minimum absolute atomic E-state index is 0.0174. The van der Waals surface area contributed by atoms with E-state index in [4.69, 9.17) is 4.74 Å². The molecule has 1 unspecified atom stereocenters. The average molecular weight is 349 g/mol. The van der Waals surface area contributed by atoms with Crippen LogP contribution in [0.25, 0.3) is 0 Å². The highest BCUT2D eigenvalue weighted by Gasteiger charge is 2.49. The molecule has 2 rings (SSSR count). The molecule has 23 heavy (non-hydrogen) atoms. The van der Waals surface area contributed by atoms with Crippen LogP contribution in [0.2, 0.25) is 0 Å². The molecule has 9 heteroatoms. The van der Waals surface area contributed by atoms with Gasteiger partial charge in [-0.15, -0.1) is 0 Å². The van der Waals surface area contributed by atoms with Gasteiger partial charge in [0, 0.05) is 6.20 Å². The van der Waals surface area contributed by atoms with E-state index in [1.807, 2.05) is 12.2 Å². The van der Waals surface area contributed by atoms with E-state index >= 15 is 0 Å². The number of carbonyl (C=O) groups is 1. The van der Waals surface area contributed by atoms with Crippen molar-refractivity contribution in [3.63, 3.8) is 0 Å². The van der Waals surface area contributed by atoms with Crippen LogP contribution < -0.4 is 0 Å². The number of hydrogen-bond donors (Lipinski definition) is 0. The van der Waals surface area contributed by atoms with Gasteiger partial charge >= 0.3 is 11.5 Å². The second-order valence-corrected chi connectivity index (χ2v) is 6.91. The number of alkyl halides is 3. The number of pyridine rings is 1. The number of rotatable bonds is 4. The van der Waals surface area contributed by atoms with Crippen LogP contribution in [-0.4, -0.2) is 31.5 Å². The molecular weight excluding hydrogens is 335 g/mol. The van der Waals surface area contributed by atoms with E-state index < -0.39 is 31.9 Å². The average Bonchev–Trinajstić information content (AvgIpc) is 2.52. The molecule has 1 atom stereocenters. The Labute approximate surface area is 131 Å². The first-order valence-corrected chi connectivity index (χ1v) is 8.30. The first-order chi connectivity index (χ1) is 10.7. The Morgan fingerprint density at radius 1 is 1.35 bits per heavy atom. The number of sulfone groups is 1. The molecule has 0 aliphatic heterocycles. The molecule has 1 aliphatic rings. The van der Waals surface area contributed by atoms with Gasteiger partial charge in [0.05, 0.1) is 12.2 Å². The summed E-state index contributed by atoms with van der Waals surface area (Å²) in [4.78, 5) is 15.2. The van der Waals surface area contributed by atoms with Crippen LogP contribution in [0.5, 0.6) is 0 Å². The third-order valence-corrected chi connectivity index (χ3v) is 4.82. The third-order valence-electron chi connectivity index (χ3n) is 3.38. The van der Waals surface area contributed by atoms with E-state index in [1.165, 1.54) is 6.07 Å². The van der Waals surface area contributed by atoms with Crippen molar-refractivity contribution in [2.75, 3.05) is 6.61 Å². The van der Waals surface area contributed by atoms with Gasteiger partial charge in [0.2, 0.25) is 0 Å². The van der Waals surface area contributed by atoms with Gasteiger partial charge in [0.25, 0.3) is 9.84 Å². The Bertz CT molecular complexity index is 713. The molecule has 1 aromatic heterocycles. The molecule has 0 saturated heterocycles. The zero-order chi connectivity index (χ0) is 17.1. The Morgan fingerprint density at radius 3 is 2.70 bits per heavy atom. The SMILES string of the molecule is O=C(OCC1CC=CCC1)c1cccnc1S(=O)(=O)C(F)(F)F. The molecule has 1 aromatic rings. The normalized spacial score (nSPS) is 18.7. The molecule has 0 radical (unpaired) electrons. The lowest BCUT2D eigenvalue weighted by Gasteiger charge is -2.18. The van der Waals surface area contributed by atoms with E-state index in [9.17, 15) is 26.4 Å². The minimum atomic E-state index is -5.72. The number of nitrogens with zero attached hydrogens (tertiary/aromatic N) is 1. The number of aromatic nitrogens is 1. The third kappa shape index (κ3) is 3.90. The van der Waals surface area contributed by atoms with Gasteiger partial charge in [-0.25, -0.2) is 18.2 Å². The lowest BCUT2D eigenvalue weighted by Crippen LogP contribution is -2.27. The minimum Gasteiger partial charge on any atom is -0.462 e. The predicted octanol–water partition coefficient (Wildman–Crippen LogP) is 2.89. The molecule has 1 aliphatic carbocycles. The second kappa shape index (κ2) is 6.69. The molecule has 0 spiro atoms. The number of ether oxygens (including phenoxy) is 1. The maximum absolute atomic E-state index is 12.7. The van der Waals surface area contributed by atoms with Gasteiger partial charge in [-0.2, -0.15) is 13.2 Å². The molecule has 1 heterocycles. The van der Waals surface area contributed by atoms with Crippen LogP contribution in [0.3, 0.4) is 0 Å². The first-order valence-electron chi connectivity index (χ1n) is 6.82. The van der Waals surface area contributed by atoms with Crippen molar-refractivity contribution < 1.29 is 31.1 Å². The number of esters is 1. The smallest absolute Gasteiger partial charge is 0.462 e. The molecule has 0 aromatic carbocycles. The van der Waals surface area contributed by atoms with Crippen molar-refractivity contribution in [1.29, 1.82) is 0 Å². The van der Waals surface area contributed by atoms with Crippen LogP contribution in [-0.2, 0) is 14.6 Å². The van der Waals surface area contributed by atoms with Crippen molar-refractivity contribution in [3.05, 3.63) is 36.0 Å². The summed E-state index contributed by atoms with van der Waals surface area (Å²) >= 11 is 0. The summed E-state index contributed by atoms with van der Waals surface area (Å²) in [6, 6.07) is 2.13. The number of hydrogen-bond acceptors (Lipinski definition) is 5. The molecule has 126 valence electrons. The van der Waals surface area contributed by atoms with Crippen LogP contribution >= 0.6 is 0 Å². The standard InChI is InChI=1S/C14H14F3NO4S/c15-14(16,17)23(20,21)12-11(7-4-8-18-12)13(19)22-9-10-5-2-1-3-6-10/h1-2,4,7-8,10H,3,5-6,9H2. The molecular formula is C14H14F3NO4S. The lowest BCUT2D eigenvalue weighted by molar-refractivity contribution is -0.0438. The lowest BCUT2D eigenvalue weighted by atomic mass is 9.95. The Balaban J connectivity index is 2.20. The molecule has 0 amide bonds. The van der Waals surface area contributed by atoms with E-state index in [0.717, 1.165) is 25.1 Å². The Morgan fingerprint density at radius 2 is 2.09 bits per heavy atom. The zero-order valence-electron chi connectivity index (χ0n) is 11.9. The summed E-state index contributed by atoms with van der Waals surface area (Å²) in [6.07, 6.45) is 7.14. The van der Waals surface area contributed by atoms with E-state index in [1.54, 1.807) is 0 Å². The largest absolute Gasteiger partial charge is 0.503 e. The molecule has 5 nitrogen and oxygen atoms in total. The van der Waals surface area contributed by atoms with Crippen molar-refractivity contribution in [2.24, 2.45) is 5.92 Å². The number of halogens is 3. The van der Waals surface area contributed by atoms with E-state index in [2.05, 4.69) is 4.98 Å². The summed E-state index contributed by atoms with van der Waals surface area (Å²) in [5, 5.41) is -1.33. The maximum atomic E-state index is 12.7. The Kier molecular flexibility index (Phi) is 5.08. The quantitative estimate of drug-likeness (QED) is 0.617. The van der Waals surface area contributed by atoms with Crippen molar-refractivity contribution in [1.82, 2.24) is 4.98 Å². The molecule has 0 bridgehead atoms. The fourth-order valence-corrected chi connectivity index (χ4v) is 3.01. The van der Waals surface area contributed by atoms with Crippen LogP contribution in [0.4, 0.5) is 13.2 Å². The van der Waals surface area contributed by atoms with E-state index in [-0.39, 0.29) is 12.5 Å². The Hall–Kier alpha value is -1.90. The number of carbonyl (C=O) groups excluding carboxylic acids is 1. The monoisotopic (exact) mass is 349 g/mol. The van der Waals surface area contributed by atoms with Crippen LogP contribution in [0, 0.1) is 5.92 Å². The number of allylic oxidation sites excluding steroid dienone is 2. The molecule has 0 saturated carbocycles. The van der Waals surface area contributed by atoms with Gasteiger partial charge in [-0.3, -0.25) is 0 Å². The summed E-state index contributed by atoms with van der Waals surface area (Å²) in [6.45, 7) is 0.0174. The molecule has 0 fully saturated rings. The summed E-state index contributed by atoms with van der Waals surface area (Å²) < 4.78 is 65.9. The highest BCUT2D eigenvalue weighted by atomic mass is 32.2. The summed E-state index contributed by atoms with van der Waals surface area (Å²) in [7, 11) is -5.72. The highest BCUT2D eigenvalue weighted by molar-refractivity contribution is 7.92. The van der Waals surface area contributed by atoms with Crippen molar-refractivity contribution in [2.45, 2.75) is 29.8 Å². The predicted molar refractivity (Wildman–Crippen MR) is 74.2 cm³/mol. The maximum Gasteiger partial charge on any atom is 0.503 e. The van der Waals surface area contributed by atoms with Crippen LogP contribution in [0.15, 0.2) is 35.5 Å². The van der Waals surface area contributed by atoms with Crippen molar-refractivity contribution >= 4 is 15.8 Å². The van der Waals surface area contributed by atoms with Gasteiger partial charge in [-0.1, -0.05) is 12.2 Å². The topological polar surface area (TPSA) is 73.3 Å². The van der Waals surface area contributed by atoms with E-state index in [0.29, 0.717) is 6.42 Å². The van der Waals surface area contributed by atoms with Crippen molar-refractivity contribution in [3.8, 4) is 0 Å². The van der Waals surface area contributed by atoms with Crippen LogP contribution in [0.1, 0.15) is 29.6 Å². The van der Waals surface area contributed by atoms with Gasteiger partial charge in [-0.05, 0) is 37.3 Å². The van der Waals surface area contributed by atoms with Gasteiger partial charge in [0.15, 0.2) is 5.03 Å². The highest BCUT2D eigenvalue weighted by Crippen LogP contribution is 2.31. The zero-order valence-corrected chi connectivity index (χ0v) is 12.7. The summed E-state index contributed by atoms with van der Waals surface area (Å²) in [5.74, 6) is -1.06. The molecule has 0 N–H and O–H groups in total. The fourth-order valence-electron chi connectivity index (χ4n) is 2.15. The van der Waals surface area contributed by atoms with Gasteiger partial charge in [0.1, 0.15) is 0 Å². The second-order valence-electron chi connectivity index (χ2n) is 5.05.